The molecule has 1 heterocycles. The molecule has 1 rings (SSSR count). The third-order valence-electron chi connectivity index (χ3n) is 3.47. The number of carboxylic acids is 1. The molecule has 0 aromatic heterocycles. The van der Waals surface area contributed by atoms with E-state index in [1.54, 1.807) is 4.90 Å². The van der Waals surface area contributed by atoms with Crippen LogP contribution in [0.5, 0.6) is 0 Å². The molecule has 5 nitrogen and oxygen atoms in total. The van der Waals surface area contributed by atoms with Gasteiger partial charge in [0, 0.05) is 26.1 Å². The number of nitrogens with two attached hydrogens (primary N) is 1. The first-order chi connectivity index (χ1) is 8.05. The highest BCUT2D eigenvalue weighted by Crippen LogP contribution is 2.35. The van der Waals surface area contributed by atoms with E-state index >= 15 is 0 Å². The van der Waals surface area contributed by atoms with Gasteiger partial charge in [-0.05, 0) is 19.3 Å². The number of hydrogen-bond acceptors (Lipinski definition) is 3. The van der Waals surface area contributed by atoms with Gasteiger partial charge in [0.05, 0.1) is 5.41 Å². The van der Waals surface area contributed by atoms with Crippen molar-refractivity contribution in [2.45, 2.75) is 39.0 Å². The van der Waals surface area contributed by atoms with Gasteiger partial charge in [-0.15, -0.1) is 0 Å². The number of carboxylic acid groups (broad SMARTS) is 1. The zero-order chi connectivity index (χ0) is 12.9. The van der Waals surface area contributed by atoms with Gasteiger partial charge in [0.2, 0.25) is 5.91 Å². The molecule has 1 aliphatic rings. The van der Waals surface area contributed by atoms with Crippen LogP contribution in [0.15, 0.2) is 0 Å². The second kappa shape index (κ2) is 6.00. The molecule has 98 valence electrons. The van der Waals surface area contributed by atoms with Crippen molar-refractivity contribution in [2.75, 3.05) is 19.6 Å². The van der Waals surface area contributed by atoms with E-state index < -0.39 is 11.4 Å². The van der Waals surface area contributed by atoms with Gasteiger partial charge < -0.3 is 15.7 Å². The van der Waals surface area contributed by atoms with Crippen molar-refractivity contribution in [3.8, 4) is 0 Å². The highest BCUT2D eigenvalue weighted by molar-refractivity contribution is 5.79. The highest BCUT2D eigenvalue weighted by Gasteiger charge is 2.42. The molecule has 1 atom stereocenters. The van der Waals surface area contributed by atoms with Crippen LogP contribution in [0.2, 0.25) is 0 Å². The van der Waals surface area contributed by atoms with Crippen molar-refractivity contribution in [2.24, 2.45) is 11.1 Å². The molecule has 0 saturated carbocycles. The fourth-order valence-corrected chi connectivity index (χ4v) is 2.59. The lowest BCUT2D eigenvalue weighted by Crippen LogP contribution is -2.50. The minimum atomic E-state index is -0.774. The maximum atomic E-state index is 11.8. The molecule has 1 unspecified atom stereocenters. The van der Waals surface area contributed by atoms with Crippen LogP contribution < -0.4 is 5.73 Å². The van der Waals surface area contributed by atoms with Crippen molar-refractivity contribution in [3.05, 3.63) is 0 Å². The van der Waals surface area contributed by atoms with E-state index in [1.165, 1.54) is 0 Å². The molecule has 17 heavy (non-hydrogen) atoms. The molecule has 0 bridgehead atoms. The first-order valence-corrected chi connectivity index (χ1v) is 6.27. The summed E-state index contributed by atoms with van der Waals surface area (Å²) in [5, 5.41) is 9.39. The third-order valence-corrected chi connectivity index (χ3v) is 3.47. The van der Waals surface area contributed by atoms with Gasteiger partial charge in [0.15, 0.2) is 0 Å². The predicted octanol–water partition coefficient (Wildman–Crippen LogP) is 0.829. The van der Waals surface area contributed by atoms with E-state index in [9.17, 15) is 14.7 Å². The predicted molar refractivity (Wildman–Crippen MR) is 64.5 cm³/mol. The van der Waals surface area contributed by atoms with Gasteiger partial charge in [-0.25, -0.2) is 0 Å². The minimum Gasteiger partial charge on any atom is -0.481 e. The number of aliphatic carboxylic acids is 1. The Hall–Kier alpha value is -1.10. The van der Waals surface area contributed by atoms with Gasteiger partial charge >= 0.3 is 5.97 Å². The second-order valence-electron chi connectivity index (χ2n) is 4.79. The van der Waals surface area contributed by atoms with Crippen molar-refractivity contribution in [1.82, 2.24) is 4.90 Å². The standard InChI is InChI=1S/C12H22N2O3/c1-2-5-12(11(16)17)6-3-8-14(9-12)10(15)4-7-13/h2-9,13H2,1H3,(H,16,17). The third kappa shape index (κ3) is 3.19. The average molecular weight is 242 g/mol. The zero-order valence-electron chi connectivity index (χ0n) is 10.4. The van der Waals surface area contributed by atoms with Gasteiger partial charge in [0.1, 0.15) is 0 Å². The first kappa shape index (κ1) is 14.0. The quantitative estimate of drug-likeness (QED) is 0.748. The molecule has 0 spiro atoms. The largest absolute Gasteiger partial charge is 0.481 e. The summed E-state index contributed by atoms with van der Waals surface area (Å²) in [4.78, 5) is 24.9. The number of likely N-dealkylation sites (tertiary alicyclic amines) is 1. The fourth-order valence-electron chi connectivity index (χ4n) is 2.59. The molecule has 5 heteroatoms. The van der Waals surface area contributed by atoms with E-state index in [0.29, 0.717) is 38.9 Å². The monoisotopic (exact) mass is 242 g/mol. The number of rotatable bonds is 5. The van der Waals surface area contributed by atoms with Crippen LogP contribution >= 0.6 is 0 Å². The Bertz CT molecular complexity index is 289. The molecule has 3 N–H and O–H groups in total. The lowest BCUT2D eigenvalue weighted by molar-refractivity contribution is -0.155. The van der Waals surface area contributed by atoms with Crippen LogP contribution in [0.25, 0.3) is 0 Å². The summed E-state index contributed by atoms with van der Waals surface area (Å²) < 4.78 is 0. The molecular weight excluding hydrogens is 220 g/mol. The minimum absolute atomic E-state index is 0.0195. The summed E-state index contributed by atoms with van der Waals surface area (Å²) in [5.41, 5.74) is 4.62. The maximum absolute atomic E-state index is 11.8. The summed E-state index contributed by atoms with van der Waals surface area (Å²) in [7, 11) is 0. The lowest BCUT2D eigenvalue weighted by atomic mass is 9.76. The highest BCUT2D eigenvalue weighted by atomic mass is 16.4. The molecule has 0 aromatic rings. The van der Waals surface area contributed by atoms with Gasteiger partial charge in [-0.1, -0.05) is 13.3 Å². The van der Waals surface area contributed by atoms with E-state index in [1.807, 2.05) is 6.92 Å². The van der Waals surface area contributed by atoms with Gasteiger partial charge in [-0.3, -0.25) is 9.59 Å². The average Bonchev–Trinajstić information content (AvgIpc) is 2.30. The maximum Gasteiger partial charge on any atom is 0.311 e. The molecule has 1 fully saturated rings. The number of carbonyl (C=O) groups excluding carboxylic acids is 1. The Morgan fingerprint density at radius 2 is 2.18 bits per heavy atom. The van der Waals surface area contributed by atoms with E-state index in [4.69, 9.17) is 5.73 Å². The Morgan fingerprint density at radius 1 is 1.47 bits per heavy atom. The molecule has 0 aliphatic carbocycles. The summed E-state index contributed by atoms with van der Waals surface area (Å²) in [6, 6.07) is 0. The molecule has 1 saturated heterocycles. The molecule has 1 aliphatic heterocycles. The first-order valence-electron chi connectivity index (χ1n) is 6.27. The molecule has 0 radical (unpaired) electrons. The van der Waals surface area contributed by atoms with Crippen molar-refractivity contribution in [1.29, 1.82) is 0 Å². The van der Waals surface area contributed by atoms with Crippen LogP contribution in [0, 0.1) is 5.41 Å². The smallest absolute Gasteiger partial charge is 0.311 e. The van der Waals surface area contributed by atoms with Gasteiger partial charge in [0.25, 0.3) is 0 Å². The molecular formula is C12H22N2O3. The summed E-state index contributed by atoms with van der Waals surface area (Å²) in [6.45, 7) is 3.31. The topological polar surface area (TPSA) is 83.6 Å². The van der Waals surface area contributed by atoms with Crippen LogP contribution in [0.4, 0.5) is 0 Å². The number of piperidine rings is 1. The Morgan fingerprint density at radius 3 is 2.71 bits per heavy atom. The SMILES string of the molecule is CCCC1(C(=O)O)CCCN(C(=O)CCN)C1. The number of hydrogen-bond donors (Lipinski definition) is 2. The molecule has 1 amide bonds. The second-order valence-corrected chi connectivity index (χ2v) is 4.79. The van der Waals surface area contributed by atoms with Crippen molar-refractivity contribution >= 4 is 11.9 Å². The van der Waals surface area contributed by atoms with E-state index in [2.05, 4.69) is 0 Å². The van der Waals surface area contributed by atoms with Crippen molar-refractivity contribution < 1.29 is 14.7 Å². The Labute approximate surface area is 102 Å². The van der Waals surface area contributed by atoms with Gasteiger partial charge in [-0.2, -0.15) is 0 Å². The number of carbonyl (C=O) groups is 2. The number of nitrogens with zero attached hydrogens (tertiary/aromatic N) is 1. The number of amides is 1. The fraction of sp³-hybridized carbons (Fsp3) is 0.833. The summed E-state index contributed by atoms with van der Waals surface area (Å²) >= 11 is 0. The Balaban J connectivity index is 2.74. The zero-order valence-corrected chi connectivity index (χ0v) is 10.4. The lowest BCUT2D eigenvalue weighted by Gasteiger charge is -2.40. The van der Waals surface area contributed by atoms with Crippen LogP contribution in [-0.4, -0.2) is 41.5 Å². The molecule has 0 aromatic carbocycles. The van der Waals surface area contributed by atoms with E-state index in [-0.39, 0.29) is 5.91 Å². The summed E-state index contributed by atoms with van der Waals surface area (Å²) in [5.74, 6) is -0.793. The van der Waals surface area contributed by atoms with Crippen LogP contribution in [0.3, 0.4) is 0 Å². The Kier molecular flexibility index (Phi) is 4.93. The summed E-state index contributed by atoms with van der Waals surface area (Å²) in [6.07, 6.45) is 3.20. The van der Waals surface area contributed by atoms with Crippen LogP contribution in [0.1, 0.15) is 39.0 Å². The van der Waals surface area contributed by atoms with Crippen LogP contribution in [-0.2, 0) is 9.59 Å². The van der Waals surface area contributed by atoms with Crippen molar-refractivity contribution in [3.63, 3.8) is 0 Å². The normalized spacial score (nSPS) is 24.7. The van der Waals surface area contributed by atoms with E-state index in [0.717, 1.165) is 12.8 Å².